The third-order valence-corrected chi connectivity index (χ3v) is 4.38. The molecule has 0 saturated carbocycles. The highest BCUT2D eigenvalue weighted by atomic mass is 19.1. The largest absolute Gasteiger partial charge is 0.476 e. The van der Waals surface area contributed by atoms with Crippen molar-refractivity contribution in [2.45, 2.75) is 27.2 Å². The Balaban J connectivity index is 1.78. The molecule has 0 spiro atoms. The van der Waals surface area contributed by atoms with E-state index in [9.17, 15) is 9.50 Å². The normalized spacial score (nSPS) is 11.1. The summed E-state index contributed by atoms with van der Waals surface area (Å²) < 4.78 is 30.3. The van der Waals surface area contributed by atoms with Gasteiger partial charge < -0.3 is 13.9 Å². The molecule has 8 heteroatoms. The maximum atomic E-state index is 13.1. The summed E-state index contributed by atoms with van der Waals surface area (Å²) in [5.74, 6) is 0.500. The van der Waals surface area contributed by atoms with Gasteiger partial charge in [0.15, 0.2) is 11.3 Å². The topological polar surface area (TPSA) is 90.2 Å². The molecule has 0 aliphatic heterocycles. The monoisotopic (exact) mass is 408 g/mol. The van der Waals surface area contributed by atoms with Crippen LogP contribution in [0.1, 0.15) is 24.5 Å². The fourth-order valence-electron chi connectivity index (χ4n) is 2.93. The first-order valence-corrected chi connectivity index (χ1v) is 9.48. The van der Waals surface area contributed by atoms with Crippen LogP contribution >= 0.6 is 0 Å². The SMILES string of the molecule is CCCOc1nc(Oc2ccc(F)cc2)nc2oc(-c3cc(C)c([O])c(C)c3)nc12. The first-order valence-electron chi connectivity index (χ1n) is 9.48. The predicted octanol–water partition coefficient (Wildman–Crippen LogP) is 5.77. The third kappa shape index (κ3) is 3.89. The molecule has 0 N–H and O–H groups in total. The van der Waals surface area contributed by atoms with Crippen molar-refractivity contribution in [2.24, 2.45) is 0 Å². The number of fused-ring (bicyclic) bond motifs is 1. The van der Waals surface area contributed by atoms with Crippen LogP contribution in [0.2, 0.25) is 0 Å². The zero-order chi connectivity index (χ0) is 21.3. The van der Waals surface area contributed by atoms with Gasteiger partial charge in [-0.05, 0) is 67.8 Å². The van der Waals surface area contributed by atoms with Crippen LogP contribution in [0.15, 0.2) is 40.8 Å². The summed E-state index contributed by atoms with van der Waals surface area (Å²) in [4.78, 5) is 13.0. The predicted molar refractivity (Wildman–Crippen MR) is 107 cm³/mol. The Kier molecular flexibility index (Phi) is 5.22. The van der Waals surface area contributed by atoms with E-state index in [1.54, 1.807) is 26.0 Å². The first-order chi connectivity index (χ1) is 14.4. The van der Waals surface area contributed by atoms with Gasteiger partial charge in [0.1, 0.15) is 11.6 Å². The van der Waals surface area contributed by atoms with Gasteiger partial charge in [0.25, 0.3) is 11.6 Å². The maximum Gasteiger partial charge on any atom is 0.328 e. The van der Waals surface area contributed by atoms with E-state index < -0.39 is 0 Å². The number of aromatic nitrogens is 3. The molecule has 0 fully saturated rings. The van der Waals surface area contributed by atoms with Crippen LogP contribution in [0, 0.1) is 19.7 Å². The third-order valence-electron chi connectivity index (χ3n) is 4.38. The molecule has 0 unspecified atom stereocenters. The fourth-order valence-corrected chi connectivity index (χ4v) is 2.93. The van der Waals surface area contributed by atoms with Crippen LogP contribution < -0.4 is 9.47 Å². The number of oxazole rings is 1. The minimum absolute atomic E-state index is 0.00909. The summed E-state index contributed by atoms with van der Waals surface area (Å²) >= 11 is 0. The molecule has 0 atom stereocenters. The molecule has 0 bridgehead atoms. The van der Waals surface area contributed by atoms with Gasteiger partial charge in [0, 0.05) is 5.56 Å². The van der Waals surface area contributed by atoms with E-state index in [1.807, 2.05) is 6.92 Å². The summed E-state index contributed by atoms with van der Waals surface area (Å²) in [6, 6.07) is 8.92. The number of benzene rings is 2. The molecule has 2 aromatic carbocycles. The van der Waals surface area contributed by atoms with E-state index in [2.05, 4.69) is 15.0 Å². The Hall–Kier alpha value is -3.68. The molecule has 30 heavy (non-hydrogen) atoms. The molecule has 153 valence electrons. The molecule has 0 aliphatic rings. The molecule has 2 heterocycles. The molecule has 4 rings (SSSR count). The minimum atomic E-state index is -0.375. The van der Waals surface area contributed by atoms with Crippen molar-refractivity contribution in [3.8, 4) is 34.8 Å². The Morgan fingerprint density at radius 3 is 2.40 bits per heavy atom. The lowest BCUT2D eigenvalue weighted by Crippen LogP contribution is -2.01. The average molecular weight is 408 g/mol. The minimum Gasteiger partial charge on any atom is -0.476 e. The van der Waals surface area contributed by atoms with Gasteiger partial charge in [-0.3, -0.25) is 5.11 Å². The highest BCUT2D eigenvalue weighted by Gasteiger charge is 2.19. The Labute approximate surface area is 172 Å². The lowest BCUT2D eigenvalue weighted by Gasteiger charge is -2.06. The van der Waals surface area contributed by atoms with Crippen molar-refractivity contribution in [1.29, 1.82) is 0 Å². The highest BCUT2D eigenvalue weighted by Crippen LogP contribution is 2.34. The first kappa shape index (κ1) is 19.6. The Bertz CT molecular complexity index is 1180. The highest BCUT2D eigenvalue weighted by molar-refractivity contribution is 5.78. The smallest absolute Gasteiger partial charge is 0.328 e. The van der Waals surface area contributed by atoms with Crippen molar-refractivity contribution < 1.29 is 23.4 Å². The van der Waals surface area contributed by atoms with Crippen molar-refractivity contribution in [3.63, 3.8) is 0 Å². The lowest BCUT2D eigenvalue weighted by atomic mass is 10.1. The van der Waals surface area contributed by atoms with Gasteiger partial charge in [-0.2, -0.15) is 9.97 Å². The van der Waals surface area contributed by atoms with Gasteiger partial charge >= 0.3 is 6.01 Å². The maximum absolute atomic E-state index is 13.1. The molecule has 2 aromatic heterocycles. The van der Waals surface area contributed by atoms with Crippen LogP contribution in [0.3, 0.4) is 0 Å². The van der Waals surface area contributed by atoms with E-state index in [0.717, 1.165) is 6.42 Å². The van der Waals surface area contributed by atoms with Crippen LogP contribution in [0.5, 0.6) is 23.4 Å². The van der Waals surface area contributed by atoms with Gasteiger partial charge in [-0.15, -0.1) is 0 Å². The van der Waals surface area contributed by atoms with Crippen molar-refractivity contribution >= 4 is 11.2 Å². The van der Waals surface area contributed by atoms with E-state index in [4.69, 9.17) is 13.9 Å². The average Bonchev–Trinajstić information content (AvgIpc) is 3.16. The Morgan fingerprint density at radius 2 is 1.73 bits per heavy atom. The van der Waals surface area contributed by atoms with Gasteiger partial charge in [-0.1, -0.05) is 6.92 Å². The zero-order valence-corrected chi connectivity index (χ0v) is 16.7. The molecular weight excluding hydrogens is 389 g/mol. The number of hydrogen-bond acceptors (Lipinski definition) is 6. The van der Waals surface area contributed by atoms with Crippen molar-refractivity contribution in [1.82, 2.24) is 15.0 Å². The summed E-state index contributed by atoms with van der Waals surface area (Å²) in [5, 5.41) is 12.0. The Morgan fingerprint density at radius 1 is 1.03 bits per heavy atom. The van der Waals surface area contributed by atoms with Crippen LogP contribution in [0.25, 0.3) is 22.7 Å². The molecule has 0 amide bonds. The molecule has 0 aliphatic carbocycles. The quantitative estimate of drug-likeness (QED) is 0.402. The molecule has 0 saturated heterocycles. The molecular formula is C22H19FN3O4. The number of rotatable bonds is 6. The summed E-state index contributed by atoms with van der Waals surface area (Å²) in [6.45, 7) is 5.88. The number of aryl methyl sites for hydroxylation is 2. The van der Waals surface area contributed by atoms with E-state index in [-0.39, 0.29) is 29.2 Å². The number of ether oxygens (including phenoxy) is 2. The van der Waals surface area contributed by atoms with E-state index in [0.29, 0.717) is 40.5 Å². The van der Waals surface area contributed by atoms with Gasteiger partial charge in [0.05, 0.1) is 6.61 Å². The summed E-state index contributed by atoms with van der Waals surface area (Å²) in [7, 11) is 0. The zero-order valence-electron chi connectivity index (χ0n) is 16.7. The standard InChI is InChI=1S/C22H19FN3O4/c1-4-9-28-20-17-21(26-22(25-20)29-16-7-5-15(23)6-8-16)30-19(24-17)14-10-12(2)18(27)13(3)11-14/h5-8,10-11H,4,9H2,1-3H3. The van der Waals surface area contributed by atoms with Gasteiger partial charge in [-0.25, -0.2) is 9.37 Å². The summed E-state index contributed by atoms with van der Waals surface area (Å²) in [6.07, 6.45) is 0.772. The summed E-state index contributed by atoms with van der Waals surface area (Å²) in [5.41, 5.74) is 2.39. The second-order valence-corrected chi connectivity index (χ2v) is 6.83. The second-order valence-electron chi connectivity index (χ2n) is 6.83. The van der Waals surface area contributed by atoms with Crippen molar-refractivity contribution in [2.75, 3.05) is 6.61 Å². The van der Waals surface area contributed by atoms with E-state index in [1.165, 1.54) is 24.3 Å². The van der Waals surface area contributed by atoms with Crippen molar-refractivity contribution in [3.05, 3.63) is 53.3 Å². The lowest BCUT2D eigenvalue weighted by molar-refractivity contribution is 0.302. The van der Waals surface area contributed by atoms with Crippen LogP contribution in [-0.4, -0.2) is 21.6 Å². The van der Waals surface area contributed by atoms with Crippen LogP contribution in [0.4, 0.5) is 4.39 Å². The molecule has 4 aromatic rings. The number of nitrogens with zero attached hydrogens (tertiary/aromatic N) is 3. The van der Waals surface area contributed by atoms with E-state index >= 15 is 0 Å². The fraction of sp³-hybridized carbons (Fsp3) is 0.227. The second kappa shape index (κ2) is 7.98. The molecule has 1 radical (unpaired) electrons. The van der Waals surface area contributed by atoms with Crippen LogP contribution in [-0.2, 0) is 5.11 Å². The molecule has 7 nitrogen and oxygen atoms in total. The number of hydrogen-bond donors (Lipinski definition) is 0. The van der Waals surface area contributed by atoms with Gasteiger partial charge in [0.2, 0.25) is 5.89 Å². The number of halogens is 1.